The van der Waals surface area contributed by atoms with Gasteiger partial charge < -0.3 is 20.4 Å². The van der Waals surface area contributed by atoms with Crippen molar-refractivity contribution in [3.05, 3.63) is 0 Å². The van der Waals surface area contributed by atoms with Crippen LogP contribution < -0.4 is 10.9 Å². The molecule has 2 rings (SSSR count). The molecule has 1 spiro atoms. The van der Waals surface area contributed by atoms with Crippen LogP contribution in [0.5, 0.6) is 0 Å². The Morgan fingerprint density at radius 1 is 1.15 bits per heavy atom. The van der Waals surface area contributed by atoms with Crippen LogP contribution in [-0.4, -0.2) is 51.0 Å². The van der Waals surface area contributed by atoms with Crippen LogP contribution in [0.25, 0.3) is 0 Å². The van der Waals surface area contributed by atoms with E-state index in [9.17, 15) is 15.3 Å². The van der Waals surface area contributed by atoms with Crippen molar-refractivity contribution in [3.63, 3.8) is 0 Å². The summed E-state index contributed by atoms with van der Waals surface area (Å²) < 4.78 is 0. The molecule has 0 amide bonds. The molecule has 1 heterocycles. The van der Waals surface area contributed by atoms with Crippen molar-refractivity contribution in [1.29, 1.82) is 0 Å². The van der Waals surface area contributed by atoms with Crippen molar-refractivity contribution in [3.8, 4) is 0 Å². The lowest BCUT2D eigenvalue weighted by Crippen LogP contribution is -2.58. The van der Waals surface area contributed by atoms with Gasteiger partial charge in [0, 0.05) is 12.5 Å². The molecule has 1 aliphatic carbocycles. The molecule has 2 fully saturated rings. The van der Waals surface area contributed by atoms with Crippen LogP contribution in [0.3, 0.4) is 0 Å². The first-order valence-corrected chi connectivity index (χ1v) is 4.30. The largest absolute Gasteiger partial charge is 0.396 e. The second kappa shape index (κ2) is 2.88. The summed E-state index contributed by atoms with van der Waals surface area (Å²) in [5.41, 5.74) is 4.76. The van der Waals surface area contributed by atoms with Gasteiger partial charge in [-0.15, -0.1) is 0 Å². The van der Waals surface area contributed by atoms with Crippen molar-refractivity contribution >= 4 is 0 Å². The van der Waals surface area contributed by atoms with Gasteiger partial charge in [0.2, 0.25) is 0 Å². The summed E-state index contributed by atoms with van der Waals surface area (Å²) in [6, 6.07) is 0. The highest BCUT2D eigenvalue weighted by Gasteiger charge is 2.58. The number of hydrogen-bond donors (Lipinski definition) is 6. The first kappa shape index (κ1) is 9.32. The Kier molecular flexibility index (Phi) is 2.06. The fraction of sp³-hybridized carbons (Fsp3) is 1.00. The first-order chi connectivity index (χ1) is 6.10. The summed E-state index contributed by atoms with van der Waals surface area (Å²) in [5.74, 6) is -0.402. The van der Waals surface area contributed by atoms with Crippen LogP contribution in [0.2, 0.25) is 0 Å². The summed E-state index contributed by atoms with van der Waals surface area (Å²) >= 11 is 0. The molecular formula is C7H14N2O4. The van der Waals surface area contributed by atoms with Gasteiger partial charge in [-0.3, -0.25) is 0 Å². The Bertz CT molecular complexity index is 207. The van der Waals surface area contributed by atoms with E-state index < -0.39 is 29.9 Å². The van der Waals surface area contributed by atoms with Gasteiger partial charge in [-0.05, 0) is 6.42 Å². The monoisotopic (exact) mass is 190 g/mol. The maximum absolute atomic E-state index is 9.54. The maximum Gasteiger partial charge on any atom is 0.123 e. The Labute approximate surface area is 75.2 Å². The highest BCUT2D eigenvalue weighted by molar-refractivity contribution is 5.10. The number of nitrogens with one attached hydrogen (secondary N) is 2. The maximum atomic E-state index is 9.54. The fourth-order valence-corrected chi connectivity index (χ4v) is 1.91. The molecule has 76 valence electrons. The van der Waals surface area contributed by atoms with Gasteiger partial charge in [0.1, 0.15) is 17.9 Å². The molecule has 0 aromatic rings. The van der Waals surface area contributed by atoms with E-state index in [0.29, 0.717) is 6.42 Å². The molecule has 13 heavy (non-hydrogen) atoms. The SMILES string of the molecule is OC[C@H]1CC2(NN2)[C@H](O)[C@@H](O)[C@@H]1O. The average molecular weight is 190 g/mol. The van der Waals surface area contributed by atoms with E-state index in [0.717, 1.165) is 0 Å². The predicted molar refractivity (Wildman–Crippen MR) is 42.2 cm³/mol. The van der Waals surface area contributed by atoms with Crippen molar-refractivity contribution in [2.45, 2.75) is 30.4 Å². The number of hydrazine groups is 1. The average Bonchev–Trinajstić information content (AvgIpc) is 2.90. The lowest BCUT2D eigenvalue weighted by atomic mass is 9.78. The summed E-state index contributed by atoms with van der Waals surface area (Å²) in [6.45, 7) is -0.198. The van der Waals surface area contributed by atoms with E-state index in [-0.39, 0.29) is 6.61 Å². The lowest BCUT2D eigenvalue weighted by Gasteiger charge is -2.38. The third-order valence-electron chi connectivity index (χ3n) is 2.93. The topological polar surface area (TPSA) is 125 Å². The zero-order chi connectivity index (χ0) is 9.64. The Morgan fingerprint density at radius 3 is 2.23 bits per heavy atom. The van der Waals surface area contributed by atoms with Crippen molar-refractivity contribution in [2.75, 3.05) is 6.61 Å². The molecule has 0 bridgehead atoms. The van der Waals surface area contributed by atoms with Gasteiger partial charge >= 0.3 is 0 Å². The molecule has 6 heteroatoms. The lowest BCUT2D eigenvalue weighted by molar-refractivity contribution is -0.134. The van der Waals surface area contributed by atoms with E-state index in [1.165, 1.54) is 0 Å². The molecule has 0 radical (unpaired) electrons. The van der Waals surface area contributed by atoms with Crippen LogP contribution in [0.4, 0.5) is 0 Å². The summed E-state index contributed by atoms with van der Waals surface area (Å²) in [6.07, 6.45) is -2.91. The van der Waals surface area contributed by atoms with E-state index in [2.05, 4.69) is 10.9 Å². The van der Waals surface area contributed by atoms with E-state index in [1.54, 1.807) is 0 Å². The van der Waals surface area contributed by atoms with Crippen molar-refractivity contribution < 1.29 is 20.4 Å². The van der Waals surface area contributed by atoms with Gasteiger partial charge in [0.15, 0.2) is 0 Å². The summed E-state index contributed by atoms with van der Waals surface area (Å²) in [7, 11) is 0. The standard InChI is InChI=1S/C7H14N2O4/c10-2-3-1-7(8-9-7)6(13)5(12)4(3)11/h3-6,8-13H,1-2H2/t3-,4-,5+,6-/m1/s1. The fourth-order valence-electron chi connectivity index (χ4n) is 1.91. The quantitative estimate of drug-likeness (QED) is 0.243. The molecule has 1 aliphatic heterocycles. The number of aliphatic hydroxyl groups excluding tert-OH is 4. The second-order valence-corrected chi connectivity index (χ2v) is 3.79. The second-order valence-electron chi connectivity index (χ2n) is 3.79. The highest BCUT2D eigenvalue weighted by Crippen LogP contribution is 2.35. The highest BCUT2D eigenvalue weighted by atomic mass is 16.4. The normalized spacial score (nSPS) is 48.0. The first-order valence-electron chi connectivity index (χ1n) is 4.30. The molecule has 1 saturated heterocycles. The molecule has 0 aromatic carbocycles. The molecule has 4 atom stereocenters. The molecule has 6 N–H and O–H groups in total. The molecular weight excluding hydrogens is 176 g/mol. The predicted octanol–water partition coefficient (Wildman–Crippen LogP) is -3.11. The van der Waals surface area contributed by atoms with E-state index in [1.807, 2.05) is 0 Å². The van der Waals surface area contributed by atoms with Gasteiger partial charge in [-0.1, -0.05) is 0 Å². The van der Waals surface area contributed by atoms with Gasteiger partial charge in [-0.2, -0.15) is 0 Å². The smallest absolute Gasteiger partial charge is 0.123 e. The summed E-state index contributed by atoms with van der Waals surface area (Å²) in [5, 5.41) is 37.3. The molecule has 2 aliphatic rings. The number of rotatable bonds is 1. The zero-order valence-electron chi connectivity index (χ0n) is 7.01. The summed E-state index contributed by atoms with van der Waals surface area (Å²) in [4.78, 5) is 0. The number of aliphatic hydroxyl groups is 4. The molecule has 1 saturated carbocycles. The Hall–Kier alpha value is -0.240. The van der Waals surface area contributed by atoms with E-state index >= 15 is 0 Å². The van der Waals surface area contributed by atoms with Crippen molar-refractivity contribution in [2.24, 2.45) is 5.92 Å². The van der Waals surface area contributed by atoms with Gasteiger partial charge in [0.25, 0.3) is 0 Å². The van der Waals surface area contributed by atoms with Crippen molar-refractivity contribution in [1.82, 2.24) is 10.9 Å². The minimum absolute atomic E-state index is 0.198. The molecule has 0 aromatic heterocycles. The van der Waals surface area contributed by atoms with Crippen LogP contribution >= 0.6 is 0 Å². The third-order valence-corrected chi connectivity index (χ3v) is 2.93. The van der Waals surface area contributed by atoms with Crippen LogP contribution in [0.15, 0.2) is 0 Å². The van der Waals surface area contributed by atoms with Crippen LogP contribution in [0.1, 0.15) is 6.42 Å². The minimum atomic E-state index is -1.21. The Balaban J connectivity index is 2.13. The number of hydrogen-bond acceptors (Lipinski definition) is 6. The van der Waals surface area contributed by atoms with E-state index in [4.69, 9.17) is 5.11 Å². The Morgan fingerprint density at radius 2 is 1.77 bits per heavy atom. The minimum Gasteiger partial charge on any atom is -0.396 e. The van der Waals surface area contributed by atoms with Crippen LogP contribution in [0, 0.1) is 5.92 Å². The molecule has 0 unspecified atom stereocenters. The van der Waals surface area contributed by atoms with Crippen LogP contribution in [-0.2, 0) is 0 Å². The molecule has 6 nitrogen and oxygen atoms in total. The zero-order valence-corrected chi connectivity index (χ0v) is 7.01. The third kappa shape index (κ3) is 1.26. The van der Waals surface area contributed by atoms with Gasteiger partial charge in [-0.25, -0.2) is 10.9 Å². The van der Waals surface area contributed by atoms with Gasteiger partial charge in [0.05, 0.1) is 6.10 Å².